The number of rotatable bonds is 5. The first-order valence-corrected chi connectivity index (χ1v) is 10.9. The molecule has 8 heteroatoms. The van der Waals surface area contributed by atoms with Gasteiger partial charge in [0.05, 0.1) is 23.3 Å². The fraction of sp³-hybridized carbons (Fsp3) is 0.765. The van der Waals surface area contributed by atoms with Gasteiger partial charge in [-0.2, -0.15) is 5.10 Å². The lowest BCUT2D eigenvalue weighted by Gasteiger charge is -2.33. The van der Waals surface area contributed by atoms with Crippen molar-refractivity contribution in [2.75, 3.05) is 24.2 Å². The summed E-state index contributed by atoms with van der Waals surface area (Å²) in [6.07, 6.45) is 8.90. The van der Waals surface area contributed by atoms with Crippen LogP contribution in [0.3, 0.4) is 0 Å². The van der Waals surface area contributed by atoms with Gasteiger partial charge in [0, 0.05) is 25.9 Å². The van der Waals surface area contributed by atoms with Crippen LogP contribution in [-0.4, -0.2) is 47.7 Å². The normalized spacial score (nSPS) is 23.5. The number of H-pyrrole nitrogens is 1. The van der Waals surface area contributed by atoms with Crippen LogP contribution in [0.2, 0.25) is 0 Å². The van der Waals surface area contributed by atoms with Crippen molar-refractivity contribution in [2.45, 2.75) is 57.8 Å². The average molecular weight is 369 g/mol. The molecule has 0 spiro atoms. The van der Waals surface area contributed by atoms with Gasteiger partial charge in [-0.05, 0) is 31.6 Å². The minimum atomic E-state index is -3.23. The first-order valence-electron chi connectivity index (χ1n) is 9.24. The molecule has 2 fully saturated rings. The number of piperidine rings is 1. The maximum atomic E-state index is 12.9. The number of aromatic amines is 1. The number of amides is 1. The molecule has 25 heavy (non-hydrogen) atoms. The zero-order chi connectivity index (χ0) is 17.9. The highest BCUT2D eigenvalue weighted by atomic mass is 32.2. The fourth-order valence-electron chi connectivity index (χ4n) is 4.08. The second kappa shape index (κ2) is 7.86. The summed E-state index contributed by atoms with van der Waals surface area (Å²) in [5.74, 6) is 0.474. The summed E-state index contributed by atoms with van der Waals surface area (Å²) < 4.78 is 27.4. The molecule has 1 amide bonds. The lowest BCUT2D eigenvalue weighted by molar-refractivity contribution is -0.114. The smallest absolute Gasteiger partial charge is 0.221 e. The Kier molecular flexibility index (Phi) is 5.78. The zero-order valence-corrected chi connectivity index (χ0v) is 15.6. The topological polar surface area (TPSA) is 95.2 Å². The second-order valence-corrected chi connectivity index (χ2v) is 9.37. The number of nitrogens with one attached hydrogen (secondary N) is 2. The van der Waals surface area contributed by atoms with E-state index in [4.69, 9.17) is 0 Å². The molecule has 1 aliphatic carbocycles. The van der Waals surface area contributed by atoms with Crippen molar-refractivity contribution in [3.63, 3.8) is 0 Å². The Balaban J connectivity index is 1.68. The number of nitrogens with zero attached hydrogens (tertiary/aromatic N) is 2. The third-order valence-electron chi connectivity index (χ3n) is 5.34. The summed E-state index contributed by atoms with van der Waals surface area (Å²) >= 11 is 0. The van der Waals surface area contributed by atoms with E-state index in [-0.39, 0.29) is 17.6 Å². The number of hydrogen-bond donors (Lipinski definition) is 2. The molecule has 1 aromatic heterocycles. The van der Waals surface area contributed by atoms with E-state index in [1.807, 2.05) is 0 Å². The van der Waals surface area contributed by atoms with Gasteiger partial charge < -0.3 is 5.32 Å². The maximum absolute atomic E-state index is 12.9. The Bertz CT molecular complexity index is 695. The van der Waals surface area contributed by atoms with Crippen molar-refractivity contribution < 1.29 is 13.2 Å². The first-order chi connectivity index (χ1) is 12.0. The van der Waals surface area contributed by atoms with Crippen LogP contribution < -0.4 is 5.32 Å². The van der Waals surface area contributed by atoms with E-state index >= 15 is 0 Å². The standard InChI is InChI=1S/C17H28N4O3S/c1-13(22)19-16-10-18-20-17(16)15-8-5-9-21(11-15)25(23,24)12-14-6-3-2-4-7-14/h10,14-15H,2-9,11-12H2,1H3,(H,18,20)(H,19,22). The molecule has 0 aromatic carbocycles. The Morgan fingerprint density at radius 3 is 2.76 bits per heavy atom. The summed E-state index contributed by atoms with van der Waals surface area (Å²) in [4.78, 5) is 11.3. The highest BCUT2D eigenvalue weighted by Crippen LogP contribution is 2.33. The van der Waals surface area contributed by atoms with Crippen LogP contribution in [0.1, 0.15) is 63.5 Å². The minimum absolute atomic E-state index is 0.0410. The predicted octanol–water partition coefficient (Wildman–Crippen LogP) is 2.46. The molecule has 1 saturated carbocycles. The van der Waals surface area contributed by atoms with Gasteiger partial charge in [0.1, 0.15) is 0 Å². The van der Waals surface area contributed by atoms with E-state index in [1.54, 1.807) is 10.5 Å². The van der Waals surface area contributed by atoms with Crippen LogP contribution in [0.5, 0.6) is 0 Å². The second-order valence-electron chi connectivity index (χ2n) is 7.36. The molecule has 0 radical (unpaired) electrons. The van der Waals surface area contributed by atoms with Crippen LogP contribution >= 0.6 is 0 Å². The van der Waals surface area contributed by atoms with Crippen LogP contribution in [0.4, 0.5) is 5.69 Å². The lowest BCUT2D eigenvalue weighted by atomic mass is 9.91. The number of aromatic nitrogens is 2. The number of carbonyl (C=O) groups is 1. The van der Waals surface area contributed by atoms with Crippen LogP contribution in [0, 0.1) is 5.92 Å². The van der Waals surface area contributed by atoms with E-state index in [1.165, 1.54) is 13.3 Å². The SMILES string of the molecule is CC(=O)Nc1cn[nH]c1C1CCCN(S(=O)(=O)CC2CCCCC2)C1. The van der Waals surface area contributed by atoms with Crippen molar-refractivity contribution in [1.29, 1.82) is 0 Å². The molecule has 1 aliphatic heterocycles. The molecular weight excluding hydrogens is 340 g/mol. The Hall–Kier alpha value is -1.41. The van der Waals surface area contributed by atoms with Crippen molar-refractivity contribution in [2.24, 2.45) is 5.92 Å². The largest absolute Gasteiger partial charge is 0.323 e. The number of anilines is 1. The Morgan fingerprint density at radius 2 is 2.04 bits per heavy atom. The lowest BCUT2D eigenvalue weighted by Crippen LogP contribution is -2.42. The summed E-state index contributed by atoms with van der Waals surface area (Å²) in [5.41, 5.74) is 1.48. The van der Waals surface area contributed by atoms with Gasteiger partial charge >= 0.3 is 0 Å². The zero-order valence-electron chi connectivity index (χ0n) is 14.8. The molecule has 2 heterocycles. The molecule has 140 valence electrons. The highest BCUT2D eigenvalue weighted by molar-refractivity contribution is 7.89. The summed E-state index contributed by atoms with van der Waals surface area (Å²) in [6.45, 7) is 2.51. The van der Waals surface area contributed by atoms with Gasteiger partial charge in [0.2, 0.25) is 15.9 Å². The molecular formula is C17H28N4O3S. The molecule has 1 saturated heterocycles. The molecule has 3 rings (SSSR count). The van der Waals surface area contributed by atoms with Gasteiger partial charge in [-0.1, -0.05) is 19.3 Å². The summed E-state index contributed by atoms with van der Waals surface area (Å²) in [7, 11) is -3.23. The van der Waals surface area contributed by atoms with Gasteiger partial charge in [0.15, 0.2) is 0 Å². The predicted molar refractivity (Wildman–Crippen MR) is 96.8 cm³/mol. The van der Waals surface area contributed by atoms with Crippen LogP contribution in [0.25, 0.3) is 0 Å². The number of sulfonamides is 1. The first kappa shape index (κ1) is 18.4. The van der Waals surface area contributed by atoms with E-state index in [9.17, 15) is 13.2 Å². The Morgan fingerprint density at radius 1 is 1.28 bits per heavy atom. The average Bonchev–Trinajstić information content (AvgIpc) is 3.03. The molecule has 7 nitrogen and oxygen atoms in total. The van der Waals surface area contributed by atoms with E-state index in [2.05, 4.69) is 15.5 Å². The van der Waals surface area contributed by atoms with Gasteiger partial charge in [-0.3, -0.25) is 9.89 Å². The van der Waals surface area contributed by atoms with Crippen molar-refractivity contribution in [3.05, 3.63) is 11.9 Å². The third-order valence-corrected chi connectivity index (χ3v) is 7.35. The van der Waals surface area contributed by atoms with E-state index in [0.29, 0.717) is 24.7 Å². The van der Waals surface area contributed by atoms with Gasteiger partial charge in [0.25, 0.3) is 0 Å². The van der Waals surface area contributed by atoms with Crippen LogP contribution in [-0.2, 0) is 14.8 Å². The van der Waals surface area contributed by atoms with Crippen molar-refractivity contribution in [1.82, 2.24) is 14.5 Å². The van der Waals surface area contributed by atoms with Crippen molar-refractivity contribution >= 4 is 21.6 Å². The van der Waals surface area contributed by atoms with Gasteiger partial charge in [-0.25, -0.2) is 12.7 Å². The summed E-state index contributed by atoms with van der Waals surface area (Å²) in [6, 6.07) is 0. The van der Waals surface area contributed by atoms with E-state index < -0.39 is 10.0 Å². The number of hydrogen-bond acceptors (Lipinski definition) is 4. The van der Waals surface area contributed by atoms with E-state index in [0.717, 1.165) is 44.2 Å². The highest BCUT2D eigenvalue weighted by Gasteiger charge is 2.33. The fourth-order valence-corrected chi connectivity index (χ4v) is 6.04. The molecule has 2 aliphatic rings. The molecule has 0 bridgehead atoms. The molecule has 1 unspecified atom stereocenters. The van der Waals surface area contributed by atoms with Crippen LogP contribution in [0.15, 0.2) is 6.20 Å². The molecule has 1 atom stereocenters. The van der Waals surface area contributed by atoms with Crippen molar-refractivity contribution in [3.8, 4) is 0 Å². The van der Waals surface area contributed by atoms with Gasteiger partial charge in [-0.15, -0.1) is 0 Å². The minimum Gasteiger partial charge on any atom is -0.323 e. The summed E-state index contributed by atoms with van der Waals surface area (Å²) in [5, 5.41) is 9.74. The number of carbonyl (C=O) groups excluding carboxylic acids is 1. The quantitative estimate of drug-likeness (QED) is 0.834. The third kappa shape index (κ3) is 4.61. The Labute approximate surface area is 149 Å². The molecule has 1 aromatic rings. The molecule has 2 N–H and O–H groups in total. The maximum Gasteiger partial charge on any atom is 0.221 e. The monoisotopic (exact) mass is 368 g/mol.